The summed E-state index contributed by atoms with van der Waals surface area (Å²) in [6, 6.07) is 16.6. The van der Waals surface area contributed by atoms with Gasteiger partial charge in [-0.15, -0.1) is 0 Å². The third-order valence-corrected chi connectivity index (χ3v) is 3.12. The molecule has 2 nitrogen and oxygen atoms in total. The van der Waals surface area contributed by atoms with Crippen molar-refractivity contribution in [1.29, 1.82) is 0 Å². The van der Waals surface area contributed by atoms with Crippen molar-refractivity contribution in [2.75, 3.05) is 5.32 Å². The van der Waals surface area contributed by atoms with Crippen molar-refractivity contribution >= 4 is 16.5 Å². The summed E-state index contributed by atoms with van der Waals surface area (Å²) in [6.45, 7) is 3.69. The number of fused-ring (bicyclic) bond motifs is 1. The number of pyridine rings is 1. The van der Waals surface area contributed by atoms with Crippen molar-refractivity contribution in [1.82, 2.24) is 4.98 Å². The topological polar surface area (TPSA) is 24.9 Å². The summed E-state index contributed by atoms with van der Waals surface area (Å²) in [5.74, 6) is 0. The first kappa shape index (κ1) is 11.5. The van der Waals surface area contributed by atoms with Crippen LogP contribution < -0.4 is 5.32 Å². The number of anilines is 1. The quantitative estimate of drug-likeness (QED) is 0.738. The molecule has 0 fully saturated rings. The summed E-state index contributed by atoms with van der Waals surface area (Å²) >= 11 is 0. The van der Waals surface area contributed by atoms with Gasteiger partial charge in [-0.25, -0.2) is 0 Å². The molecule has 1 heterocycles. The van der Waals surface area contributed by atoms with E-state index in [0.29, 0.717) is 0 Å². The average molecular weight is 246 g/mol. The van der Waals surface area contributed by atoms with Crippen LogP contribution in [-0.2, 0) is 0 Å². The Kier molecular flexibility index (Phi) is 2.99. The fraction of sp³-hybridized carbons (Fsp3) is 0. The van der Waals surface area contributed by atoms with Crippen LogP contribution in [0.1, 0.15) is 0 Å². The van der Waals surface area contributed by atoms with Crippen LogP contribution in [0.2, 0.25) is 0 Å². The number of nitrogens with zero attached hydrogens (tertiary/aromatic N) is 1. The Balaban J connectivity index is 2.18. The lowest BCUT2D eigenvalue weighted by Gasteiger charge is -2.08. The summed E-state index contributed by atoms with van der Waals surface area (Å²) in [7, 11) is 0. The molecule has 0 radical (unpaired) electrons. The van der Waals surface area contributed by atoms with Crippen molar-refractivity contribution in [2.45, 2.75) is 0 Å². The zero-order chi connectivity index (χ0) is 13.1. The van der Waals surface area contributed by atoms with E-state index in [-0.39, 0.29) is 0 Å². The van der Waals surface area contributed by atoms with Gasteiger partial charge >= 0.3 is 0 Å². The second kappa shape index (κ2) is 4.94. The van der Waals surface area contributed by atoms with Crippen molar-refractivity contribution in [3.63, 3.8) is 0 Å². The van der Waals surface area contributed by atoms with Crippen molar-refractivity contribution in [3.8, 4) is 11.1 Å². The second-order valence-corrected chi connectivity index (χ2v) is 4.33. The SMILES string of the molecule is C=CNc1cccc(-c2cccc3cnccc23)c1. The van der Waals surface area contributed by atoms with Gasteiger partial charge in [0, 0.05) is 23.5 Å². The zero-order valence-corrected chi connectivity index (χ0v) is 10.5. The van der Waals surface area contributed by atoms with Gasteiger partial charge in [-0.05, 0) is 40.9 Å². The van der Waals surface area contributed by atoms with E-state index in [1.807, 2.05) is 24.5 Å². The fourth-order valence-corrected chi connectivity index (χ4v) is 2.27. The van der Waals surface area contributed by atoms with Gasteiger partial charge in [0.25, 0.3) is 0 Å². The van der Waals surface area contributed by atoms with Gasteiger partial charge in [-0.2, -0.15) is 0 Å². The molecule has 0 bridgehead atoms. The molecule has 0 aliphatic rings. The maximum atomic E-state index is 4.17. The lowest BCUT2D eigenvalue weighted by Crippen LogP contribution is -1.87. The monoisotopic (exact) mass is 246 g/mol. The predicted octanol–water partition coefficient (Wildman–Crippen LogP) is 4.46. The van der Waals surface area contributed by atoms with Crippen LogP contribution in [0.5, 0.6) is 0 Å². The van der Waals surface area contributed by atoms with E-state index in [4.69, 9.17) is 0 Å². The minimum Gasteiger partial charge on any atom is -0.362 e. The van der Waals surface area contributed by atoms with Gasteiger partial charge in [0.15, 0.2) is 0 Å². The molecule has 2 heteroatoms. The van der Waals surface area contributed by atoms with Crippen LogP contribution in [0, 0.1) is 0 Å². The van der Waals surface area contributed by atoms with E-state index in [1.165, 1.54) is 16.5 Å². The molecule has 0 aliphatic heterocycles. The Morgan fingerprint density at radius 2 is 1.95 bits per heavy atom. The van der Waals surface area contributed by atoms with E-state index in [9.17, 15) is 0 Å². The molecule has 1 N–H and O–H groups in total. The summed E-state index contributed by atoms with van der Waals surface area (Å²) in [5, 5.41) is 5.49. The summed E-state index contributed by atoms with van der Waals surface area (Å²) in [5.41, 5.74) is 3.44. The van der Waals surface area contributed by atoms with Crippen LogP contribution >= 0.6 is 0 Å². The molecule has 19 heavy (non-hydrogen) atoms. The number of aromatic nitrogens is 1. The molecule has 0 aliphatic carbocycles. The van der Waals surface area contributed by atoms with Gasteiger partial charge < -0.3 is 5.32 Å². The number of hydrogen-bond donors (Lipinski definition) is 1. The summed E-state index contributed by atoms with van der Waals surface area (Å²) in [6.07, 6.45) is 5.41. The van der Waals surface area contributed by atoms with E-state index in [0.717, 1.165) is 11.1 Å². The number of nitrogens with one attached hydrogen (secondary N) is 1. The van der Waals surface area contributed by atoms with E-state index in [2.05, 4.69) is 53.3 Å². The molecule has 0 unspecified atom stereocenters. The molecule has 1 aromatic heterocycles. The van der Waals surface area contributed by atoms with E-state index >= 15 is 0 Å². The first-order valence-corrected chi connectivity index (χ1v) is 6.19. The first-order chi connectivity index (χ1) is 9.38. The summed E-state index contributed by atoms with van der Waals surface area (Å²) in [4.78, 5) is 4.17. The summed E-state index contributed by atoms with van der Waals surface area (Å²) < 4.78 is 0. The third-order valence-electron chi connectivity index (χ3n) is 3.12. The highest BCUT2D eigenvalue weighted by molar-refractivity contribution is 5.96. The second-order valence-electron chi connectivity index (χ2n) is 4.33. The molecule has 0 saturated carbocycles. The third kappa shape index (κ3) is 2.20. The smallest absolute Gasteiger partial charge is 0.0385 e. The Hall–Kier alpha value is -2.61. The van der Waals surface area contributed by atoms with Crippen molar-refractivity contribution < 1.29 is 0 Å². The molecule has 3 rings (SSSR count). The number of hydrogen-bond acceptors (Lipinski definition) is 2. The van der Waals surface area contributed by atoms with E-state index in [1.54, 1.807) is 6.20 Å². The fourth-order valence-electron chi connectivity index (χ4n) is 2.27. The van der Waals surface area contributed by atoms with Crippen LogP contribution in [-0.4, -0.2) is 4.98 Å². The average Bonchev–Trinajstić information content (AvgIpc) is 2.47. The maximum Gasteiger partial charge on any atom is 0.0385 e. The Labute approximate surface area is 112 Å². The number of rotatable bonds is 3. The predicted molar refractivity (Wildman–Crippen MR) is 81.0 cm³/mol. The van der Waals surface area contributed by atoms with Gasteiger partial charge in [-0.1, -0.05) is 36.9 Å². The minimum atomic E-state index is 1.04. The normalized spacial score (nSPS) is 10.3. The lowest BCUT2D eigenvalue weighted by atomic mass is 9.99. The van der Waals surface area contributed by atoms with Crippen LogP contribution in [0.15, 0.2) is 73.7 Å². The van der Waals surface area contributed by atoms with Crippen molar-refractivity contribution in [2.24, 2.45) is 0 Å². The minimum absolute atomic E-state index is 1.04. The highest BCUT2D eigenvalue weighted by Crippen LogP contribution is 2.29. The molecule has 3 aromatic rings. The highest BCUT2D eigenvalue weighted by atomic mass is 14.8. The standard InChI is InChI=1S/C17H14N2/c1-2-19-15-7-3-5-13(11-15)16-8-4-6-14-12-18-10-9-17(14)16/h2-12,19H,1H2. The van der Waals surface area contributed by atoms with Crippen LogP contribution in [0.3, 0.4) is 0 Å². The molecule has 92 valence electrons. The van der Waals surface area contributed by atoms with Crippen LogP contribution in [0.25, 0.3) is 21.9 Å². The molecule has 0 spiro atoms. The zero-order valence-electron chi connectivity index (χ0n) is 10.5. The molecule has 2 aromatic carbocycles. The van der Waals surface area contributed by atoms with Gasteiger partial charge in [-0.3, -0.25) is 4.98 Å². The highest BCUT2D eigenvalue weighted by Gasteiger charge is 2.03. The van der Waals surface area contributed by atoms with Gasteiger partial charge in [0.2, 0.25) is 0 Å². The number of benzene rings is 2. The Morgan fingerprint density at radius 3 is 2.84 bits per heavy atom. The molecule has 0 saturated heterocycles. The van der Waals surface area contributed by atoms with E-state index < -0.39 is 0 Å². The maximum absolute atomic E-state index is 4.17. The van der Waals surface area contributed by atoms with Gasteiger partial charge in [0.05, 0.1) is 0 Å². The largest absolute Gasteiger partial charge is 0.362 e. The molecule has 0 atom stereocenters. The van der Waals surface area contributed by atoms with Crippen LogP contribution in [0.4, 0.5) is 5.69 Å². The Bertz CT molecular complexity index is 727. The van der Waals surface area contributed by atoms with Crippen molar-refractivity contribution in [3.05, 3.63) is 73.7 Å². The lowest BCUT2D eigenvalue weighted by molar-refractivity contribution is 1.36. The molecular formula is C17H14N2. The Morgan fingerprint density at radius 1 is 1.05 bits per heavy atom. The first-order valence-electron chi connectivity index (χ1n) is 6.19. The molecular weight excluding hydrogens is 232 g/mol. The molecule has 0 amide bonds. The van der Waals surface area contributed by atoms with Gasteiger partial charge in [0.1, 0.15) is 0 Å².